The predicted molar refractivity (Wildman–Crippen MR) is 102 cm³/mol. The van der Waals surface area contributed by atoms with Crippen molar-refractivity contribution in [3.63, 3.8) is 0 Å². The third kappa shape index (κ3) is 7.46. The lowest BCUT2D eigenvalue weighted by Gasteiger charge is -2.23. The van der Waals surface area contributed by atoms with Gasteiger partial charge in [0, 0.05) is 6.04 Å². The smallest absolute Gasteiger partial charge is 0.321 e. The lowest BCUT2D eigenvalue weighted by molar-refractivity contribution is -0.154. The molecular weight excluding hydrogens is 364 g/mol. The summed E-state index contributed by atoms with van der Waals surface area (Å²) < 4.78 is 15.5. The monoisotopic (exact) mass is 392 g/mol. The summed E-state index contributed by atoms with van der Waals surface area (Å²) in [5, 5.41) is 4.99. The van der Waals surface area contributed by atoms with Crippen LogP contribution < -0.4 is 20.1 Å². The molecule has 2 rings (SSSR count). The molecule has 3 amide bonds. The zero-order chi connectivity index (χ0) is 20.4. The molecule has 0 heterocycles. The van der Waals surface area contributed by atoms with Crippen LogP contribution >= 0.6 is 0 Å². The van der Waals surface area contributed by atoms with Crippen molar-refractivity contribution in [3.8, 4) is 11.5 Å². The number of nitrogens with one attached hydrogen (secondary N) is 2. The van der Waals surface area contributed by atoms with E-state index in [1.807, 2.05) is 0 Å². The molecule has 28 heavy (non-hydrogen) atoms. The Morgan fingerprint density at radius 2 is 1.71 bits per heavy atom. The van der Waals surface area contributed by atoms with Gasteiger partial charge in [-0.15, -0.1) is 0 Å². The van der Waals surface area contributed by atoms with Crippen LogP contribution in [0.25, 0.3) is 0 Å². The van der Waals surface area contributed by atoms with Crippen molar-refractivity contribution in [3.05, 3.63) is 24.3 Å². The van der Waals surface area contributed by atoms with E-state index in [4.69, 9.17) is 14.2 Å². The Morgan fingerprint density at radius 3 is 2.36 bits per heavy atom. The average Bonchev–Trinajstić information content (AvgIpc) is 2.69. The van der Waals surface area contributed by atoms with Crippen molar-refractivity contribution in [2.24, 2.45) is 0 Å². The first-order chi connectivity index (χ1) is 13.5. The number of urea groups is 1. The van der Waals surface area contributed by atoms with Crippen molar-refractivity contribution in [2.75, 3.05) is 13.7 Å². The Morgan fingerprint density at radius 1 is 1.07 bits per heavy atom. The molecule has 1 fully saturated rings. The number of ether oxygens (including phenoxy) is 3. The Hall–Kier alpha value is -2.77. The summed E-state index contributed by atoms with van der Waals surface area (Å²) in [4.78, 5) is 35.7. The Balaban J connectivity index is 1.64. The molecule has 0 radical (unpaired) electrons. The number of amides is 3. The van der Waals surface area contributed by atoms with E-state index in [9.17, 15) is 14.4 Å². The van der Waals surface area contributed by atoms with E-state index in [0.717, 1.165) is 25.7 Å². The lowest BCUT2D eigenvalue weighted by atomic mass is 9.96. The number of methoxy groups -OCH3 is 1. The molecule has 0 saturated heterocycles. The van der Waals surface area contributed by atoms with Crippen molar-refractivity contribution in [1.29, 1.82) is 0 Å². The molecule has 1 saturated carbocycles. The van der Waals surface area contributed by atoms with Crippen molar-refractivity contribution >= 4 is 17.9 Å². The molecule has 1 aromatic carbocycles. The van der Waals surface area contributed by atoms with Crippen LogP contribution in [-0.4, -0.2) is 43.8 Å². The molecule has 1 aliphatic rings. The minimum absolute atomic E-state index is 0.0160. The van der Waals surface area contributed by atoms with Gasteiger partial charge in [-0.1, -0.05) is 19.3 Å². The van der Waals surface area contributed by atoms with Crippen molar-refractivity contribution in [2.45, 2.75) is 57.6 Å². The largest absolute Gasteiger partial charge is 0.497 e. The molecule has 0 aliphatic heterocycles. The summed E-state index contributed by atoms with van der Waals surface area (Å²) in [6.45, 7) is 1.53. The maximum Gasteiger partial charge on any atom is 0.321 e. The fourth-order valence-electron chi connectivity index (χ4n) is 2.92. The van der Waals surface area contributed by atoms with Gasteiger partial charge in [0.15, 0.2) is 6.10 Å². The van der Waals surface area contributed by atoms with Gasteiger partial charge in [-0.3, -0.25) is 14.9 Å². The maximum atomic E-state index is 12.0. The Kier molecular flexibility index (Phi) is 8.58. The quantitative estimate of drug-likeness (QED) is 0.659. The van der Waals surface area contributed by atoms with Gasteiger partial charge >= 0.3 is 12.0 Å². The van der Waals surface area contributed by atoms with Gasteiger partial charge < -0.3 is 19.5 Å². The Labute approximate surface area is 164 Å². The highest BCUT2D eigenvalue weighted by Gasteiger charge is 2.22. The van der Waals surface area contributed by atoms with E-state index in [2.05, 4.69) is 10.6 Å². The lowest BCUT2D eigenvalue weighted by Crippen LogP contribution is -2.48. The van der Waals surface area contributed by atoms with Crippen LogP contribution in [0.15, 0.2) is 24.3 Å². The van der Waals surface area contributed by atoms with Crippen LogP contribution in [0.4, 0.5) is 4.79 Å². The average molecular weight is 392 g/mol. The van der Waals surface area contributed by atoms with Gasteiger partial charge in [-0.05, 0) is 44.0 Å². The standard InChI is InChI=1S/C20H28N2O6/c1-14(19(24)22-20(25)21-15-6-4-3-5-7-15)28-18(23)12-13-27-17-10-8-16(26-2)9-11-17/h8-11,14-15H,3-7,12-13H2,1-2H3,(H2,21,22,24,25). The molecule has 8 heteroatoms. The van der Waals surface area contributed by atoms with Crippen LogP contribution in [0.1, 0.15) is 45.4 Å². The van der Waals surface area contributed by atoms with Crippen molar-refractivity contribution < 1.29 is 28.6 Å². The predicted octanol–water partition coefficient (Wildman–Crippen LogP) is 2.55. The van der Waals surface area contributed by atoms with Gasteiger partial charge in [-0.2, -0.15) is 0 Å². The SMILES string of the molecule is COc1ccc(OCCC(=O)OC(C)C(=O)NC(=O)NC2CCCCC2)cc1. The summed E-state index contributed by atoms with van der Waals surface area (Å²) in [6.07, 6.45) is 4.08. The van der Waals surface area contributed by atoms with Gasteiger partial charge in [0.05, 0.1) is 20.1 Å². The summed E-state index contributed by atoms with van der Waals surface area (Å²) in [6, 6.07) is 6.49. The second kappa shape index (κ2) is 11.2. The van der Waals surface area contributed by atoms with Crippen molar-refractivity contribution in [1.82, 2.24) is 10.6 Å². The molecule has 0 aromatic heterocycles. The minimum Gasteiger partial charge on any atom is -0.497 e. The number of hydrogen-bond donors (Lipinski definition) is 2. The van der Waals surface area contributed by atoms with E-state index < -0.39 is 24.0 Å². The molecule has 8 nitrogen and oxygen atoms in total. The van der Waals surface area contributed by atoms with E-state index in [1.165, 1.54) is 13.3 Å². The summed E-state index contributed by atoms with van der Waals surface area (Å²) in [7, 11) is 1.57. The summed E-state index contributed by atoms with van der Waals surface area (Å²) in [5.74, 6) is 0.0690. The molecule has 1 atom stereocenters. The third-order valence-electron chi connectivity index (χ3n) is 4.49. The number of carbonyl (C=O) groups excluding carboxylic acids is 3. The number of benzene rings is 1. The molecule has 1 unspecified atom stereocenters. The zero-order valence-corrected chi connectivity index (χ0v) is 16.4. The maximum absolute atomic E-state index is 12.0. The van der Waals surface area contributed by atoms with Crippen LogP contribution in [0.2, 0.25) is 0 Å². The molecule has 1 aromatic rings. The van der Waals surface area contributed by atoms with Gasteiger partial charge in [-0.25, -0.2) is 4.79 Å². The highest BCUT2D eigenvalue weighted by Crippen LogP contribution is 2.18. The second-order valence-electron chi connectivity index (χ2n) is 6.70. The number of rotatable bonds is 8. The number of carbonyl (C=O) groups is 3. The molecule has 2 N–H and O–H groups in total. The minimum atomic E-state index is -1.06. The molecular formula is C20H28N2O6. The van der Waals surface area contributed by atoms with Gasteiger partial charge in [0.1, 0.15) is 11.5 Å². The fourth-order valence-corrected chi connectivity index (χ4v) is 2.92. The number of imide groups is 1. The first kappa shape index (κ1) is 21.5. The van der Waals surface area contributed by atoms with E-state index in [0.29, 0.717) is 11.5 Å². The normalized spacial score (nSPS) is 15.2. The first-order valence-corrected chi connectivity index (χ1v) is 9.55. The summed E-state index contributed by atoms with van der Waals surface area (Å²) in [5.41, 5.74) is 0. The molecule has 154 valence electrons. The van der Waals surface area contributed by atoms with Gasteiger partial charge in [0.25, 0.3) is 5.91 Å². The molecule has 0 spiro atoms. The number of hydrogen-bond acceptors (Lipinski definition) is 6. The summed E-state index contributed by atoms with van der Waals surface area (Å²) >= 11 is 0. The van der Waals surface area contributed by atoms with Crippen LogP contribution in [0.5, 0.6) is 11.5 Å². The van der Waals surface area contributed by atoms with Crippen LogP contribution in [-0.2, 0) is 14.3 Å². The Bertz CT molecular complexity index is 655. The van der Waals surface area contributed by atoms with Gasteiger partial charge in [0.2, 0.25) is 0 Å². The first-order valence-electron chi connectivity index (χ1n) is 9.55. The van der Waals surface area contributed by atoms with E-state index >= 15 is 0 Å². The molecule has 1 aliphatic carbocycles. The second-order valence-corrected chi connectivity index (χ2v) is 6.70. The van der Waals surface area contributed by atoms with Crippen LogP contribution in [0.3, 0.4) is 0 Å². The van der Waals surface area contributed by atoms with Crippen LogP contribution in [0, 0.1) is 0 Å². The highest BCUT2D eigenvalue weighted by atomic mass is 16.6. The topological polar surface area (TPSA) is 103 Å². The number of esters is 1. The molecule has 0 bridgehead atoms. The fraction of sp³-hybridized carbons (Fsp3) is 0.550. The van der Waals surface area contributed by atoms with E-state index in [-0.39, 0.29) is 19.1 Å². The highest BCUT2D eigenvalue weighted by molar-refractivity contribution is 5.97. The third-order valence-corrected chi connectivity index (χ3v) is 4.49. The zero-order valence-electron chi connectivity index (χ0n) is 16.4. The van der Waals surface area contributed by atoms with E-state index in [1.54, 1.807) is 31.4 Å².